The molecule has 0 atom stereocenters. The summed E-state index contributed by atoms with van der Waals surface area (Å²) >= 11 is 1.39. The molecule has 1 aromatic heterocycles. The number of carbonyl (C=O) groups excluding carboxylic acids is 1. The average Bonchev–Trinajstić information content (AvgIpc) is 2.63. The monoisotopic (exact) mass is 212 g/mol. The van der Waals surface area contributed by atoms with Crippen LogP contribution < -0.4 is 5.73 Å². The summed E-state index contributed by atoms with van der Waals surface area (Å²) in [6.45, 7) is 2.57. The lowest BCUT2D eigenvalue weighted by molar-refractivity contribution is 0.0520. The Kier molecular flexibility index (Phi) is 4.28. The van der Waals surface area contributed by atoms with E-state index in [1.54, 1.807) is 24.6 Å². The van der Waals surface area contributed by atoms with Crippen molar-refractivity contribution in [2.24, 2.45) is 5.73 Å². The number of ether oxygens (including phenoxy) is 1. The summed E-state index contributed by atoms with van der Waals surface area (Å²) in [4.78, 5) is 16.1. The van der Waals surface area contributed by atoms with Gasteiger partial charge in [-0.3, -0.25) is 0 Å². The van der Waals surface area contributed by atoms with Crippen molar-refractivity contribution in [1.82, 2.24) is 4.98 Å². The maximum atomic E-state index is 11.3. The van der Waals surface area contributed by atoms with E-state index >= 15 is 0 Å². The number of esters is 1. The third-order valence-corrected chi connectivity index (χ3v) is 2.26. The van der Waals surface area contributed by atoms with Gasteiger partial charge in [0.2, 0.25) is 0 Å². The molecular formula is C9H12N2O2S. The minimum Gasteiger partial charge on any atom is -0.461 e. The highest BCUT2D eigenvalue weighted by Gasteiger charge is 2.13. The van der Waals surface area contributed by atoms with E-state index in [1.807, 2.05) is 0 Å². The van der Waals surface area contributed by atoms with Crippen LogP contribution in [0.2, 0.25) is 0 Å². The highest BCUT2D eigenvalue weighted by molar-refractivity contribution is 7.10. The van der Waals surface area contributed by atoms with Crippen LogP contribution in [0.15, 0.2) is 11.6 Å². The molecule has 0 saturated heterocycles. The first kappa shape index (κ1) is 10.9. The van der Waals surface area contributed by atoms with E-state index < -0.39 is 0 Å². The minimum atomic E-state index is -0.384. The molecule has 0 aliphatic heterocycles. The third kappa shape index (κ3) is 2.65. The van der Waals surface area contributed by atoms with E-state index in [9.17, 15) is 4.79 Å². The first-order valence-corrected chi connectivity index (χ1v) is 5.14. The molecular weight excluding hydrogens is 200 g/mol. The van der Waals surface area contributed by atoms with Crippen molar-refractivity contribution in [2.75, 3.05) is 13.2 Å². The van der Waals surface area contributed by atoms with Gasteiger partial charge in [0.05, 0.1) is 17.0 Å². The Morgan fingerprint density at radius 2 is 2.57 bits per heavy atom. The Hall–Kier alpha value is -1.20. The molecule has 0 spiro atoms. The van der Waals surface area contributed by atoms with Crippen LogP contribution in [0.3, 0.4) is 0 Å². The van der Waals surface area contributed by atoms with Crippen LogP contribution in [0, 0.1) is 0 Å². The number of rotatable bonds is 4. The number of nitrogens with zero attached hydrogens (tertiary/aromatic N) is 1. The SMILES string of the molecule is CCOC(=O)c1ncsc1C=CCN. The number of nitrogens with two attached hydrogens (primary N) is 1. The predicted molar refractivity (Wildman–Crippen MR) is 56.2 cm³/mol. The average molecular weight is 212 g/mol. The number of hydrogen-bond acceptors (Lipinski definition) is 5. The largest absolute Gasteiger partial charge is 0.461 e. The molecule has 4 nitrogen and oxygen atoms in total. The smallest absolute Gasteiger partial charge is 0.358 e. The number of aromatic nitrogens is 1. The standard InChI is InChI=1S/C9H12N2O2S/c1-2-13-9(12)8-7(4-3-5-10)14-6-11-8/h3-4,6H,2,5,10H2,1H3. The number of hydrogen-bond donors (Lipinski definition) is 1. The predicted octanol–water partition coefficient (Wildman–Crippen LogP) is 1.29. The highest BCUT2D eigenvalue weighted by atomic mass is 32.1. The van der Waals surface area contributed by atoms with Crippen molar-refractivity contribution in [3.05, 3.63) is 22.2 Å². The fourth-order valence-corrected chi connectivity index (χ4v) is 1.60. The molecule has 14 heavy (non-hydrogen) atoms. The van der Waals surface area contributed by atoms with Crippen molar-refractivity contribution in [3.8, 4) is 0 Å². The molecule has 1 rings (SSSR count). The molecule has 0 fully saturated rings. The minimum absolute atomic E-state index is 0.358. The number of thiazole rings is 1. The molecule has 1 aromatic rings. The van der Waals surface area contributed by atoms with Gasteiger partial charge >= 0.3 is 5.97 Å². The van der Waals surface area contributed by atoms with Crippen molar-refractivity contribution in [3.63, 3.8) is 0 Å². The van der Waals surface area contributed by atoms with Gasteiger partial charge in [-0.1, -0.05) is 6.08 Å². The summed E-state index contributed by atoms with van der Waals surface area (Å²) in [5, 5.41) is 0. The van der Waals surface area contributed by atoms with Gasteiger partial charge in [-0.25, -0.2) is 9.78 Å². The Balaban J connectivity index is 2.81. The molecule has 0 aromatic carbocycles. The maximum absolute atomic E-state index is 11.3. The third-order valence-electron chi connectivity index (χ3n) is 1.47. The quantitative estimate of drug-likeness (QED) is 0.764. The molecule has 2 N–H and O–H groups in total. The van der Waals surface area contributed by atoms with Gasteiger partial charge in [-0.15, -0.1) is 11.3 Å². The van der Waals surface area contributed by atoms with E-state index in [4.69, 9.17) is 10.5 Å². The lowest BCUT2D eigenvalue weighted by atomic mass is 10.3. The van der Waals surface area contributed by atoms with Crippen LogP contribution >= 0.6 is 11.3 Å². The van der Waals surface area contributed by atoms with E-state index in [1.165, 1.54) is 11.3 Å². The van der Waals surface area contributed by atoms with Crippen LogP contribution in [-0.2, 0) is 4.74 Å². The van der Waals surface area contributed by atoms with Crippen molar-refractivity contribution >= 4 is 23.4 Å². The molecule has 5 heteroatoms. The molecule has 0 aliphatic carbocycles. The zero-order chi connectivity index (χ0) is 10.4. The van der Waals surface area contributed by atoms with Crippen molar-refractivity contribution in [1.29, 1.82) is 0 Å². The molecule has 0 saturated carbocycles. The highest BCUT2D eigenvalue weighted by Crippen LogP contribution is 2.15. The van der Waals surface area contributed by atoms with Gasteiger partial charge in [0.1, 0.15) is 0 Å². The summed E-state index contributed by atoms with van der Waals surface area (Å²) in [7, 11) is 0. The normalized spacial score (nSPS) is 10.7. The fraction of sp³-hybridized carbons (Fsp3) is 0.333. The van der Waals surface area contributed by atoms with E-state index in [0.717, 1.165) is 4.88 Å². The molecule has 0 unspecified atom stereocenters. The Labute approximate surface area is 86.4 Å². The Bertz CT molecular complexity index is 333. The maximum Gasteiger partial charge on any atom is 0.358 e. The zero-order valence-corrected chi connectivity index (χ0v) is 8.71. The fourth-order valence-electron chi connectivity index (χ4n) is 0.901. The molecule has 0 aliphatic rings. The van der Waals surface area contributed by atoms with Gasteiger partial charge in [-0.2, -0.15) is 0 Å². The Morgan fingerprint density at radius 3 is 3.21 bits per heavy atom. The van der Waals surface area contributed by atoms with Gasteiger partial charge in [0, 0.05) is 6.54 Å². The van der Waals surface area contributed by atoms with E-state index in [-0.39, 0.29) is 5.97 Å². The van der Waals surface area contributed by atoms with Gasteiger partial charge in [0.25, 0.3) is 0 Å². The number of carbonyl (C=O) groups is 1. The van der Waals surface area contributed by atoms with Crippen LogP contribution in [0.1, 0.15) is 22.3 Å². The van der Waals surface area contributed by atoms with Crippen LogP contribution in [0.5, 0.6) is 0 Å². The van der Waals surface area contributed by atoms with Crippen molar-refractivity contribution in [2.45, 2.75) is 6.92 Å². The van der Waals surface area contributed by atoms with Gasteiger partial charge in [0.15, 0.2) is 5.69 Å². The molecule has 76 valence electrons. The second-order valence-electron chi connectivity index (χ2n) is 2.42. The zero-order valence-electron chi connectivity index (χ0n) is 7.90. The summed E-state index contributed by atoms with van der Waals surface area (Å²) in [6.07, 6.45) is 3.56. The summed E-state index contributed by atoms with van der Waals surface area (Å²) in [5.74, 6) is -0.384. The van der Waals surface area contributed by atoms with Crippen LogP contribution in [0.4, 0.5) is 0 Å². The summed E-state index contributed by atoms with van der Waals surface area (Å²) in [5.41, 5.74) is 7.29. The second-order valence-corrected chi connectivity index (χ2v) is 3.31. The molecule has 0 amide bonds. The Morgan fingerprint density at radius 1 is 1.79 bits per heavy atom. The first-order chi connectivity index (χ1) is 6.79. The van der Waals surface area contributed by atoms with Crippen LogP contribution in [-0.4, -0.2) is 24.1 Å². The molecule has 0 radical (unpaired) electrons. The molecule has 0 bridgehead atoms. The van der Waals surface area contributed by atoms with E-state index in [2.05, 4.69) is 4.98 Å². The lowest BCUT2D eigenvalue weighted by Crippen LogP contribution is -2.06. The topological polar surface area (TPSA) is 65.2 Å². The molecule has 1 heterocycles. The van der Waals surface area contributed by atoms with Gasteiger partial charge in [-0.05, 0) is 13.0 Å². The summed E-state index contributed by atoms with van der Waals surface area (Å²) in [6, 6.07) is 0. The van der Waals surface area contributed by atoms with Gasteiger partial charge < -0.3 is 10.5 Å². The lowest BCUT2D eigenvalue weighted by Gasteiger charge is -1.98. The van der Waals surface area contributed by atoms with Crippen molar-refractivity contribution < 1.29 is 9.53 Å². The summed E-state index contributed by atoms with van der Waals surface area (Å²) < 4.78 is 4.85. The first-order valence-electron chi connectivity index (χ1n) is 4.26. The second kappa shape index (κ2) is 5.51. The van der Waals surface area contributed by atoms with E-state index in [0.29, 0.717) is 18.8 Å². The van der Waals surface area contributed by atoms with Crippen LogP contribution in [0.25, 0.3) is 6.08 Å².